The SMILES string of the molecule is Cc1ccc([C@@H]2CC(c3ccc(F)cc3)=NN2C2=NC(=O)[C@H](CC(=O)Nc3cccc(Cl)c3)S2)cc1. The Hall–Kier alpha value is -3.49. The van der Waals surface area contributed by atoms with E-state index in [-0.39, 0.29) is 30.1 Å². The van der Waals surface area contributed by atoms with Gasteiger partial charge < -0.3 is 5.32 Å². The molecule has 0 spiro atoms. The van der Waals surface area contributed by atoms with Gasteiger partial charge in [-0.25, -0.2) is 9.40 Å². The number of anilines is 1. The highest BCUT2D eigenvalue weighted by molar-refractivity contribution is 8.15. The number of rotatable bonds is 5. The molecule has 2 aliphatic heterocycles. The minimum Gasteiger partial charge on any atom is -0.326 e. The molecule has 36 heavy (non-hydrogen) atoms. The van der Waals surface area contributed by atoms with Crippen molar-refractivity contribution in [2.45, 2.75) is 31.1 Å². The number of hydrogen-bond acceptors (Lipinski definition) is 5. The predicted octanol–water partition coefficient (Wildman–Crippen LogP) is 5.97. The van der Waals surface area contributed by atoms with Crippen molar-refractivity contribution >= 4 is 51.7 Å². The number of carbonyl (C=O) groups is 2. The number of thioether (sulfide) groups is 1. The van der Waals surface area contributed by atoms with Crippen LogP contribution in [0.25, 0.3) is 0 Å². The third-order valence-electron chi connectivity index (χ3n) is 5.95. The lowest BCUT2D eigenvalue weighted by Crippen LogP contribution is -2.25. The zero-order valence-electron chi connectivity index (χ0n) is 19.3. The monoisotopic (exact) mass is 520 g/mol. The van der Waals surface area contributed by atoms with Crippen LogP contribution < -0.4 is 5.32 Å². The lowest BCUT2D eigenvalue weighted by molar-refractivity contribution is -0.121. The van der Waals surface area contributed by atoms with Crippen molar-refractivity contribution in [2.24, 2.45) is 10.1 Å². The molecule has 0 fully saturated rings. The van der Waals surface area contributed by atoms with Gasteiger partial charge in [-0.3, -0.25) is 9.59 Å². The van der Waals surface area contributed by atoms with E-state index >= 15 is 0 Å². The van der Waals surface area contributed by atoms with E-state index in [0.29, 0.717) is 22.3 Å². The Kier molecular flexibility index (Phi) is 6.89. The van der Waals surface area contributed by atoms with E-state index in [1.165, 1.54) is 23.9 Å². The Morgan fingerprint density at radius 2 is 1.89 bits per heavy atom. The van der Waals surface area contributed by atoms with Gasteiger partial charge in [0.15, 0.2) is 5.17 Å². The van der Waals surface area contributed by atoms with E-state index in [2.05, 4.69) is 10.3 Å². The molecule has 0 saturated heterocycles. The largest absolute Gasteiger partial charge is 0.326 e. The molecule has 0 radical (unpaired) electrons. The summed E-state index contributed by atoms with van der Waals surface area (Å²) in [6.45, 7) is 2.02. The molecular formula is C27H22ClFN4O2S. The van der Waals surface area contributed by atoms with Crippen LogP contribution in [0.1, 0.15) is 35.6 Å². The standard InChI is InChI=1S/C27H22ClFN4O2S/c1-16-5-7-18(8-6-16)23-14-22(17-9-11-20(29)12-10-17)32-33(23)27-31-26(35)24(36-27)15-25(34)30-21-4-2-3-19(28)13-21/h2-13,23-24H,14-15H2,1H3,(H,30,34)/t23-,24-/m0/s1. The molecule has 3 aromatic carbocycles. The highest BCUT2D eigenvalue weighted by Crippen LogP contribution is 2.38. The number of amidine groups is 1. The quantitative estimate of drug-likeness (QED) is 0.450. The van der Waals surface area contributed by atoms with Crippen molar-refractivity contribution in [3.05, 3.63) is 100 Å². The zero-order valence-corrected chi connectivity index (χ0v) is 20.9. The van der Waals surface area contributed by atoms with Crippen molar-refractivity contribution in [1.82, 2.24) is 5.01 Å². The van der Waals surface area contributed by atoms with Gasteiger partial charge in [0.25, 0.3) is 5.91 Å². The number of aliphatic imine (C=N–C) groups is 1. The van der Waals surface area contributed by atoms with Crippen LogP contribution in [0.5, 0.6) is 0 Å². The van der Waals surface area contributed by atoms with Gasteiger partial charge in [0, 0.05) is 23.6 Å². The first kappa shape index (κ1) is 24.2. The molecular weight excluding hydrogens is 499 g/mol. The minimum atomic E-state index is -0.650. The first-order valence-corrected chi connectivity index (χ1v) is 12.7. The topological polar surface area (TPSA) is 74.1 Å². The van der Waals surface area contributed by atoms with Gasteiger partial charge in [-0.1, -0.05) is 71.4 Å². The van der Waals surface area contributed by atoms with Gasteiger partial charge in [-0.15, -0.1) is 0 Å². The molecule has 2 atom stereocenters. The third kappa shape index (κ3) is 5.34. The highest BCUT2D eigenvalue weighted by atomic mass is 35.5. The molecule has 0 aromatic heterocycles. The number of halogens is 2. The van der Waals surface area contributed by atoms with Gasteiger partial charge in [-0.2, -0.15) is 10.1 Å². The molecule has 2 amide bonds. The molecule has 182 valence electrons. The summed E-state index contributed by atoms with van der Waals surface area (Å²) in [6.07, 6.45) is 0.545. The van der Waals surface area contributed by atoms with Gasteiger partial charge in [-0.05, 0) is 48.4 Å². The van der Waals surface area contributed by atoms with Crippen LogP contribution in [0.2, 0.25) is 5.02 Å². The summed E-state index contributed by atoms with van der Waals surface area (Å²) in [5.41, 5.74) is 4.31. The Morgan fingerprint density at radius 3 is 2.61 bits per heavy atom. The Morgan fingerprint density at radius 1 is 1.14 bits per heavy atom. The molecule has 6 nitrogen and oxygen atoms in total. The lowest BCUT2D eigenvalue weighted by Gasteiger charge is -2.23. The highest BCUT2D eigenvalue weighted by Gasteiger charge is 2.39. The van der Waals surface area contributed by atoms with Crippen molar-refractivity contribution in [3.8, 4) is 0 Å². The number of hydrogen-bond donors (Lipinski definition) is 1. The number of carbonyl (C=O) groups excluding carboxylic acids is 2. The molecule has 0 unspecified atom stereocenters. The number of amides is 2. The summed E-state index contributed by atoms with van der Waals surface area (Å²) < 4.78 is 13.5. The summed E-state index contributed by atoms with van der Waals surface area (Å²) in [5.74, 6) is -0.986. The Labute approximate surface area is 217 Å². The summed E-state index contributed by atoms with van der Waals surface area (Å²) in [7, 11) is 0. The average Bonchev–Trinajstić information content (AvgIpc) is 3.44. The van der Waals surface area contributed by atoms with Crippen molar-refractivity contribution in [1.29, 1.82) is 0 Å². The van der Waals surface area contributed by atoms with Crippen LogP contribution in [0.15, 0.2) is 82.9 Å². The number of benzene rings is 3. The van der Waals surface area contributed by atoms with Crippen molar-refractivity contribution in [2.75, 3.05) is 5.32 Å². The fourth-order valence-electron chi connectivity index (χ4n) is 4.10. The predicted molar refractivity (Wildman–Crippen MR) is 142 cm³/mol. The first-order valence-electron chi connectivity index (χ1n) is 11.4. The van der Waals surface area contributed by atoms with Gasteiger partial charge in [0.2, 0.25) is 5.91 Å². The second-order valence-electron chi connectivity index (χ2n) is 8.63. The number of nitrogens with one attached hydrogen (secondary N) is 1. The first-order chi connectivity index (χ1) is 17.4. The maximum atomic E-state index is 13.5. The average molecular weight is 521 g/mol. The van der Waals surface area contributed by atoms with E-state index in [1.54, 1.807) is 41.4 Å². The fourth-order valence-corrected chi connectivity index (χ4v) is 5.35. The second-order valence-corrected chi connectivity index (χ2v) is 10.2. The Balaban J connectivity index is 1.35. The smallest absolute Gasteiger partial charge is 0.262 e. The van der Waals surface area contributed by atoms with Crippen molar-refractivity contribution in [3.63, 3.8) is 0 Å². The molecule has 5 rings (SSSR count). The molecule has 0 bridgehead atoms. The van der Waals surface area contributed by atoms with Gasteiger partial charge in [0.1, 0.15) is 11.1 Å². The lowest BCUT2D eigenvalue weighted by atomic mass is 9.98. The van der Waals surface area contributed by atoms with Crippen LogP contribution in [0.3, 0.4) is 0 Å². The minimum absolute atomic E-state index is 0.0272. The molecule has 2 heterocycles. The Bertz CT molecular complexity index is 1380. The molecule has 2 aliphatic rings. The van der Waals surface area contributed by atoms with E-state index in [0.717, 1.165) is 22.4 Å². The molecule has 3 aromatic rings. The number of hydrazone groups is 1. The normalized spacial score (nSPS) is 19.3. The maximum Gasteiger partial charge on any atom is 0.262 e. The summed E-state index contributed by atoms with van der Waals surface area (Å²) in [6, 6.07) is 21.0. The van der Waals surface area contributed by atoms with Crippen molar-refractivity contribution < 1.29 is 14.0 Å². The van der Waals surface area contributed by atoms with Crippen LogP contribution in [-0.4, -0.2) is 33.0 Å². The van der Waals surface area contributed by atoms with Gasteiger partial charge >= 0.3 is 0 Å². The van der Waals surface area contributed by atoms with Crippen LogP contribution in [0.4, 0.5) is 10.1 Å². The zero-order chi connectivity index (χ0) is 25.2. The second kappa shape index (κ2) is 10.2. The fraction of sp³-hybridized carbons (Fsp3) is 0.185. The number of aryl methyl sites for hydroxylation is 1. The van der Waals surface area contributed by atoms with E-state index in [9.17, 15) is 14.0 Å². The van der Waals surface area contributed by atoms with Crippen LogP contribution >= 0.6 is 23.4 Å². The maximum absolute atomic E-state index is 13.5. The molecule has 0 aliphatic carbocycles. The third-order valence-corrected chi connectivity index (χ3v) is 7.33. The van der Waals surface area contributed by atoms with E-state index < -0.39 is 5.25 Å². The summed E-state index contributed by atoms with van der Waals surface area (Å²) in [4.78, 5) is 29.6. The van der Waals surface area contributed by atoms with E-state index in [1.807, 2.05) is 31.2 Å². The van der Waals surface area contributed by atoms with E-state index in [4.69, 9.17) is 16.7 Å². The van der Waals surface area contributed by atoms with Crippen LogP contribution in [-0.2, 0) is 9.59 Å². The summed E-state index contributed by atoms with van der Waals surface area (Å²) >= 11 is 7.22. The molecule has 1 N–H and O–H groups in total. The molecule has 0 saturated carbocycles. The van der Waals surface area contributed by atoms with Gasteiger partial charge in [0.05, 0.1) is 11.8 Å². The molecule has 9 heteroatoms. The van der Waals surface area contributed by atoms with Crippen LogP contribution in [0, 0.1) is 12.7 Å². The number of nitrogens with zero attached hydrogens (tertiary/aromatic N) is 3. The summed E-state index contributed by atoms with van der Waals surface area (Å²) in [5, 5.41) is 9.62.